The van der Waals surface area contributed by atoms with Crippen molar-refractivity contribution in [3.05, 3.63) is 40.7 Å². The second kappa shape index (κ2) is 6.83. The van der Waals surface area contributed by atoms with Crippen LogP contribution in [0.2, 0.25) is 0 Å². The number of thiophene rings is 1. The van der Waals surface area contributed by atoms with Crippen molar-refractivity contribution in [1.29, 1.82) is 0 Å². The van der Waals surface area contributed by atoms with Crippen molar-refractivity contribution in [1.82, 2.24) is 9.71 Å². The van der Waals surface area contributed by atoms with Crippen LogP contribution in [0.5, 0.6) is 0 Å². The van der Waals surface area contributed by atoms with Crippen molar-refractivity contribution in [2.45, 2.75) is 18.2 Å². The molecule has 0 saturated carbocycles. The molecule has 108 valence electrons. The molecule has 2 aromatic heterocycles. The number of aromatic nitrogens is 1. The molecule has 0 atom stereocenters. The predicted molar refractivity (Wildman–Crippen MR) is 81.6 cm³/mol. The minimum atomic E-state index is -3.48. The molecule has 0 aliphatic heterocycles. The summed E-state index contributed by atoms with van der Waals surface area (Å²) in [5.41, 5.74) is 0. The topological polar surface area (TPSA) is 71.1 Å². The van der Waals surface area contributed by atoms with Crippen LogP contribution in [0, 0.1) is 0 Å². The third-order valence-electron chi connectivity index (χ3n) is 2.65. The molecule has 0 fully saturated rings. The fourth-order valence-corrected chi connectivity index (χ4v) is 3.36. The lowest BCUT2D eigenvalue weighted by molar-refractivity contribution is 0.581. The first-order valence-corrected chi connectivity index (χ1v) is 8.70. The maximum atomic E-state index is 12.1. The number of hydrogen-bond acceptors (Lipinski definition) is 5. The summed E-state index contributed by atoms with van der Waals surface area (Å²) in [5.74, 6) is 0.671. The molecule has 2 heterocycles. The molecule has 2 N–H and O–H groups in total. The van der Waals surface area contributed by atoms with Gasteiger partial charge in [-0.05, 0) is 36.9 Å². The highest BCUT2D eigenvalue weighted by Gasteiger charge is 2.13. The van der Waals surface area contributed by atoms with Gasteiger partial charge in [0.25, 0.3) is 0 Å². The van der Waals surface area contributed by atoms with E-state index >= 15 is 0 Å². The first-order chi connectivity index (χ1) is 9.62. The quantitative estimate of drug-likeness (QED) is 0.821. The molecular formula is C13H17N3O2S2. The van der Waals surface area contributed by atoms with Crippen molar-refractivity contribution >= 4 is 27.2 Å². The summed E-state index contributed by atoms with van der Waals surface area (Å²) in [4.78, 5) is 5.41. The van der Waals surface area contributed by atoms with Gasteiger partial charge in [0.15, 0.2) is 0 Å². The summed E-state index contributed by atoms with van der Waals surface area (Å²) in [6.07, 6.45) is 2.06. The van der Waals surface area contributed by atoms with Gasteiger partial charge in [-0.2, -0.15) is 0 Å². The Morgan fingerprint density at radius 2 is 2.15 bits per heavy atom. The van der Waals surface area contributed by atoms with Crippen LogP contribution >= 0.6 is 11.3 Å². The lowest BCUT2D eigenvalue weighted by atomic mass is 10.3. The van der Waals surface area contributed by atoms with Gasteiger partial charge >= 0.3 is 0 Å². The highest BCUT2D eigenvalue weighted by Crippen LogP contribution is 2.12. The maximum absolute atomic E-state index is 12.1. The Kier molecular flexibility index (Phi) is 5.11. The Morgan fingerprint density at radius 3 is 2.75 bits per heavy atom. The summed E-state index contributed by atoms with van der Waals surface area (Å²) < 4.78 is 26.7. The van der Waals surface area contributed by atoms with Crippen LogP contribution in [0.25, 0.3) is 0 Å². The molecule has 2 rings (SSSR count). The zero-order chi connectivity index (χ0) is 14.4. The van der Waals surface area contributed by atoms with E-state index in [1.807, 2.05) is 24.4 Å². The molecular weight excluding hydrogens is 294 g/mol. The Labute approximate surface area is 123 Å². The van der Waals surface area contributed by atoms with Crippen molar-refractivity contribution < 1.29 is 8.42 Å². The molecule has 7 heteroatoms. The van der Waals surface area contributed by atoms with Crippen LogP contribution in [0.1, 0.15) is 11.8 Å². The van der Waals surface area contributed by atoms with E-state index in [1.54, 1.807) is 23.5 Å². The number of nitrogens with one attached hydrogen (secondary N) is 2. The van der Waals surface area contributed by atoms with Crippen LogP contribution < -0.4 is 10.0 Å². The molecule has 0 saturated heterocycles. The molecule has 20 heavy (non-hydrogen) atoms. The molecule has 0 aromatic carbocycles. The van der Waals surface area contributed by atoms with E-state index in [9.17, 15) is 8.42 Å². The van der Waals surface area contributed by atoms with Gasteiger partial charge in [-0.1, -0.05) is 6.07 Å². The normalized spacial score (nSPS) is 11.4. The van der Waals surface area contributed by atoms with Crippen LogP contribution in [0.15, 0.2) is 40.7 Å². The average molecular weight is 311 g/mol. The van der Waals surface area contributed by atoms with Gasteiger partial charge in [0.05, 0.1) is 0 Å². The summed E-state index contributed by atoms with van der Waals surface area (Å²) in [5, 5.41) is 5.00. The largest absolute Gasteiger partial charge is 0.370 e. The van der Waals surface area contributed by atoms with E-state index in [-0.39, 0.29) is 4.90 Å². The van der Waals surface area contributed by atoms with E-state index in [1.165, 1.54) is 6.20 Å². The first-order valence-electron chi connectivity index (χ1n) is 6.34. The lowest BCUT2D eigenvalue weighted by Crippen LogP contribution is -2.26. The Morgan fingerprint density at radius 1 is 1.30 bits per heavy atom. The fraction of sp³-hybridized carbons (Fsp3) is 0.308. The lowest BCUT2D eigenvalue weighted by Gasteiger charge is -2.07. The zero-order valence-corrected chi connectivity index (χ0v) is 12.8. The fourth-order valence-electron chi connectivity index (χ4n) is 1.67. The van der Waals surface area contributed by atoms with E-state index in [4.69, 9.17) is 0 Å². The van der Waals surface area contributed by atoms with Crippen LogP contribution in [0.4, 0.5) is 5.82 Å². The second-order valence-corrected chi connectivity index (χ2v) is 6.94. The number of pyridine rings is 1. The van der Waals surface area contributed by atoms with Crippen molar-refractivity contribution in [3.63, 3.8) is 0 Å². The smallest absolute Gasteiger partial charge is 0.242 e. The van der Waals surface area contributed by atoms with E-state index < -0.39 is 10.0 Å². The van der Waals surface area contributed by atoms with Gasteiger partial charge in [0, 0.05) is 24.2 Å². The molecule has 5 nitrogen and oxygen atoms in total. The third-order valence-corrected chi connectivity index (χ3v) is 5.03. The first kappa shape index (κ1) is 15.0. The summed E-state index contributed by atoms with van der Waals surface area (Å²) in [6, 6.07) is 7.17. The summed E-state index contributed by atoms with van der Waals surface area (Å²) in [6.45, 7) is 3.09. The van der Waals surface area contributed by atoms with Gasteiger partial charge in [-0.3, -0.25) is 0 Å². The molecule has 0 spiro atoms. The van der Waals surface area contributed by atoms with Gasteiger partial charge < -0.3 is 5.32 Å². The van der Waals surface area contributed by atoms with Crippen LogP contribution in [-0.4, -0.2) is 26.5 Å². The van der Waals surface area contributed by atoms with Crippen molar-refractivity contribution in [2.24, 2.45) is 0 Å². The second-order valence-electron chi connectivity index (χ2n) is 4.14. The molecule has 0 aliphatic rings. The Hall–Kier alpha value is -1.44. The van der Waals surface area contributed by atoms with Crippen molar-refractivity contribution in [2.75, 3.05) is 18.4 Å². The minimum absolute atomic E-state index is 0.185. The number of nitrogens with zero attached hydrogens (tertiary/aromatic N) is 1. The highest BCUT2D eigenvalue weighted by atomic mass is 32.2. The van der Waals surface area contributed by atoms with Gasteiger partial charge in [0.2, 0.25) is 10.0 Å². The molecule has 0 unspecified atom stereocenters. The van der Waals surface area contributed by atoms with Gasteiger partial charge in [-0.25, -0.2) is 18.1 Å². The number of rotatable bonds is 7. The summed E-state index contributed by atoms with van der Waals surface area (Å²) in [7, 11) is -3.48. The third kappa shape index (κ3) is 4.03. The molecule has 0 aliphatic carbocycles. The molecule has 0 radical (unpaired) electrons. The predicted octanol–water partition coefficient (Wildman–Crippen LogP) is 2.10. The molecule has 2 aromatic rings. The standard InChI is InChI=1S/C13H17N3O2S2/c1-2-14-13-6-5-12(10-15-13)20(17,18)16-8-7-11-4-3-9-19-11/h3-6,9-10,16H,2,7-8H2,1H3,(H,14,15). The monoisotopic (exact) mass is 311 g/mol. The van der Waals surface area contributed by atoms with E-state index in [0.29, 0.717) is 18.8 Å². The van der Waals surface area contributed by atoms with Crippen LogP contribution in [0.3, 0.4) is 0 Å². The maximum Gasteiger partial charge on any atom is 0.242 e. The molecule has 0 bridgehead atoms. The van der Waals surface area contributed by atoms with E-state index in [2.05, 4.69) is 15.0 Å². The van der Waals surface area contributed by atoms with Crippen LogP contribution in [-0.2, 0) is 16.4 Å². The zero-order valence-electron chi connectivity index (χ0n) is 11.2. The van der Waals surface area contributed by atoms with Gasteiger partial charge in [-0.15, -0.1) is 11.3 Å². The number of sulfonamides is 1. The highest BCUT2D eigenvalue weighted by molar-refractivity contribution is 7.89. The number of hydrogen-bond donors (Lipinski definition) is 2. The Balaban J connectivity index is 1.95. The SMILES string of the molecule is CCNc1ccc(S(=O)(=O)NCCc2cccs2)cn1. The number of anilines is 1. The average Bonchev–Trinajstić information content (AvgIpc) is 2.93. The minimum Gasteiger partial charge on any atom is -0.370 e. The molecule has 0 amide bonds. The van der Waals surface area contributed by atoms with Gasteiger partial charge in [0.1, 0.15) is 10.7 Å². The van der Waals surface area contributed by atoms with E-state index in [0.717, 1.165) is 11.4 Å². The Bertz CT molecular complexity index is 622. The summed E-state index contributed by atoms with van der Waals surface area (Å²) >= 11 is 1.62. The van der Waals surface area contributed by atoms with Crippen molar-refractivity contribution in [3.8, 4) is 0 Å².